The predicted octanol–water partition coefficient (Wildman–Crippen LogP) is 7.41. The monoisotopic (exact) mass is 600 g/mol. The number of nitrogens with zero attached hydrogens (tertiary/aromatic N) is 4. The predicted molar refractivity (Wildman–Crippen MR) is 146 cm³/mol. The van der Waals surface area contributed by atoms with E-state index in [1.54, 1.807) is 18.2 Å². The molecule has 13 heteroatoms. The van der Waals surface area contributed by atoms with E-state index >= 15 is 0 Å². The van der Waals surface area contributed by atoms with Gasteiger partial charge in [-0.25, -0.2) is 9.78 Å². The molecule has 8 nitrogen and oxygen atoms in total. The van der Waals surface area contributed by atoms with Gasteiger partial charge in [0.25, 0.3) is 0 Å². The Morgan fingerprint density at radius 1 is 1.12 bits per heavy atom. The van der Waals surface area contributed by atoms with Gasteiger partial charge in [0.05, 0.1) is 5.52 Å². The zero-order valence-corrected chi connectivity index (χ0v) is 22.5. The quantitative estimate of drug-likeness (QED) is 0.209. The Bertz CT molecular complexity index is 1690. The standard InChI is InChI=1S/C30H25F5N4O4/c31-29(32)42-24-15-23(28(40)41)37-22-8-6-18(14-21(22)24)39-12-9-16(10-13-39)3-7-19-25(38-43-26(19)17-4-5-17)20-2-1-11-36-27(20)30(33,34)35/h1-3,6-8,11,14-17,29H,4-5,9-10,12-13H2,(H,40,41)/b7-3+. The Hall–Kier alpha value is -4.55. The van der Waals surface area contributed by atoms with Gasteiger partial charge in [-0.05, 0) is 61.9 Å². The van der Waals surface area contributed by atoms with Crippen molar-refractivity contribution in [3.63, 3.8) is 0 Å². The van der Waals surface area contributed by atoms with Crippen LogP contribution in [0.2, 0.25) is 0 Å². The lowest BCUT2D eigenvalue weighted by Crippen LogP contribution is -2.33. The van der Waals surface area contributed by atoms with Crippen LogP contribution in [0.15, 0.2) is 53.2 Å². The summed E-state index contributed by atoms with van der Waals surface area (Å²) in [5, 5.41) is 13.6. The van der Waals surface area contributed by atoms with Crippen LogP contribution in [-0.4, -0.2) is 45.9 Å². The smallest absolute Gasteiger partial charge is 0.434 e. The van der Waals surface area contributed by atoms with E-state index in [0.717, 1.165) is 43.6 Å². The first kappa shape index (κ1) is 28.6. The van der Waals surface area contributed by atoms with Crippen LogP contribution in [0.25, 0.3) is 28.2 Å². The third kappa shape index (κ3) is 6.02. The summed E-state index contributed by atoms with van der Waals surface area (Å²) in [4.78, 5) is 21.0. The molecule has 1 N–H and O–H groups in total. The molecule has 3 aromatic heterocycles. The van der Waals surface area contributed by atoms with Crippen LogP contribution >= 0.6 is 0 Å². The van der Waals surface area contributed by atoms with Gasteiger partial charge in [-0.3, -0.25) is 4.98 Å². The van der Waals surface area contributed by atoms with E-state index in [4.69, 9.17) is 4.52 Å². The molecular formula is C30H25F5N4O4. The number of hydrogen-bond acceptors (Lipinski definition) is 7. The highest BCUT2D eigenvalue weighted by Gasteiger charge is 2.38. The van der Waals surface area contributed by atoms with Gasteiger partial charge in [-0.2, -0.15) is 22.0 Å². The van der Waals surface area contributed by atoms with Crippen LogP contribution in [0.3, 0.4) is 0 Å². The Morgan fingerprint density at radius 2 is 1.88 bits per heavy atom. The molecule has 0 radical (unpaired) electrons. The average Bonchev–Trinajstić information content (AvgIpc) is 3.74. The first-order chi connectivity index (χ1) is 20.6. The molecule has 2 fully saturated rings. The van der Waals surface area contributed by atoms with Crippen molar-refractivity contribution in [2.24, 2.45) is 5.92 Å². The molecule has 1 saturated carbocycles. The molecule has 2 aliphatic rings. The van der Waals surface area contributed by atoms with Crippen molar-refractivity contribution in [1.29, 1.82) is 0 Å². The van der Waals surface area contributed by atoms with Gasteiger partial charge in [0.1, 0.15) is 17.2 Å². The first-order valence-corrected chi connectivity index (χ1v) is 13.7. The highest BCUT2D eigenvalue weighted by atomic mass is 19.4. The highest BCUT2D eigenvalue weighted by Crippen LogP contribution is 2.46. The average molecular weight is 601 g/mol. The maximum absolute atomic E-state index is 13.7. The number of hydrogen-bond donors (Lipinski definition) is 1. The molecule has 0 spiro atoms. The normalized spacial score (nSPS) is 16.5. The molecule has 4 heterocycles. The zero-order chi connectivity index (χ0) is 30.3. The summed E-state index contributed by atoms with van der Waals surface area (Å²) < 4.78 is 77.3. The Kier molecular flexibility index (Phi) is 7.49. The fraction of sp³-hybridized carbons (Fsp3) is 0.333. The van der Waals surface area contributed by atoms with E-state index in [1.807, 2.05) is 12.2 Å². The zero-order valence-electron chi connectivity index (χ0n) is 22.5. The Labute approximate surface area is 241 Å². The summed E-state index contributed by atoms with van der Waals surface area (Å²) in [5.74, 6) is -0.792. The maximum atomic E-state index is 13.7. The number of benzene rings is 1. The third-order valence-corrected chi connectivity index (χ3v) is 7.66. The molecule has 4 aromatic rings. The number of halogens is 5. The van der Waals surface area contributed by atoms with Crippen LogP contribution in [0.4, 0.5) is 27.6 Å². The maximum Gasteiger partial charge on any atom is 0.434 e. The number of anilines is 1. The van der Waals surface area contributed by atoms with E-state index in [2.05, 4.69) is 24.8 Å². The second-order valence-electron chi connectivity index (χ2n) is 10.6. The number of aromatic nitrogens is 3. The number of pyridine rings is 2. The summed E-state index contributed by atoms with van der Waals surface area (Å²) >= 11 is 0. The summed E-state index contributed by atoms with van der Waals surface area (Å²) in [6.45, 7) is -1.89. The molecule has 0 atom stereocenters. The largest absolute Gasteiger partial charge is 0.477 e. The van der Waals surface area contributed by atoms with Crippen molar-refractivity contribution in [1.82, 2.24) is 15.1 Å². The van der Waals surface area contributed by atoms with E-state index in [-0.39, 0.29) is 39.7 Å². The number of carbonyl (C=O) groups is 1. The van der Waals surface area contributed by atoms with Crippen molar-refractivity contribution in [3.8, 4) is 17.0 Å². The van der Waals surface area contributed by atoms with Crippen LogP contribution in [0.1, 0.15) is 59.1 Å². The third-order valence-electron chi connectivity index (χ3n) is 7.66. The molecule has 1 saturated heterocycles. The summed E-state index contributed by atoms with van der Waals surface area (Å²) in [5.41, 5.74) is 0.0777. The topological polar surface area (TPSA) is 102 Å². The number of allylic oxidation sites excluding steroid dienone is 1. The van der Waals surface area contributed by atoms with E-state index in [1.165, 1.54) is 12.1 Å². The van der Waals surface area contributed by atoms with Crippen LogP contribution in [0.5, 0.6) is 5.75 Å². The second kappa shape index (κ2) is 11.3. The van der Waals surface area contributed by atoms with Gasteiger partial charge in [0, 0.05) is 53.5 Å². The molecule has 6 rings (SSSR count). The fourth-order valence-corrected chi connectivity index (χ4v) is 5.39. The van der Waals surface area contributed by atoms with Crippen molar-refractivity contribution in [2.45, 2.75) is 44.4 Å². The van der Waals surface area contributed by atoms with Crippen LogP contribution in [0, 0.1) is 5.92 Å². The Balaban J connectivity index is 1.21. The van der Waals surface area contributed by atoms with E-state index in [0.29, 0.717) is 24.4 Å². The minimum atomic E-state index is -4.65. The molecule has 1 aromatic carbocycles. The first-order valence-electron chi connectivity index (χ1n) is 13.7. The van der Waals surface area contributed by atoms with Gasteiger partial charge < -0.3 is 19.3 Å². The number of carboxylic acid groups (broad SMARTS) is 1. The lowest BCUT2D eigenvalue weighted by Gasteiger charge is -2.32. The summed E-state index contributed by atoms with van der Waals surface area (Å²) in [6.07, 6.45) is 3.47. The number of ether oxygens (including phenoxy) is 1. The van der Waals surface area contributed by atoms with Gasteiger partial charge in [0.2, 0.25) is 0 Å². The number of alkyl halides is 5. The van der Waals surface area contributed by atoms with Crippen LogP contribution in [-0.2, 0) is 6.18 Å². The van der Waals surface area contributed by atoms with E-state index < -0.39 is 30.1 Å². The van der Waals surface area contributed by atoms with Gasteiger partial charge in [0.15, 0.2) is 11.4 Å². The number of aromatic carboxylic acids is 1. The van der Waals surface area contributed by atoms with E-state index in [9.17, 15) is 31.9 Å². The molecule has 0 bridgehead atoms. The molecule has 43 heavy (non-hydrogen) atoms. The highest BCUT2D eigenvalue weighted by molar-refractivity contribution is 5.94. The molecule has 1 aliphatic heterocycles. The van der Waals surface area contributed by atoms with Gasteiger partial charge >= 0.3 is 18.8 Å². The number of rotatable bonds is 8. The molecular weight excluding hydrogens is 575 g/mol. The fourth-order valence-electron chi connectivity index (χ4n) is 5.39. The number of fused-ring (bicyclic) bond motifs is 1. The van der Waals surface area contributed by atoms with Gasteiger partial charge in [-0.15, -0.1) is 0 Å². The summed E-state index contributed by atoms with van der Waals surface area (Å²) in [7, 11) is 0. The Morgan fingerprint density at radius 3 is 2.56 bits per heavy atom. The van der Waals surface area contributed by atoms with Crippen LogP contribution < -0.4 is 9.64 Å². The molecule has 1 aliphatic carbocycles. The SMILES string of the molecule is O=C(O)c1cc(OC(F)F)c2cc(N3CCC(/C=C/c4c(-c5cccnc5C(F)(F)F)noc4C4CC4)CC3)ccc2n1. The minimum absolute atomic E-state index is 0.119. The molecule has 0 amide bonds. The number of piperidine rings is 1. The van der Waals surface area contributed by atoms with Crippen molar-refractivity contribution < 1.29 is 41.1 Å². The lowest BCUT2D eigenvalue weighted by molar-refractivity contribution is -0.140. The van der Waals surface area contributed by atoms with Gasteiger partial charge in [-0.1, -0.05) is 17.3 Å². The van der Waals surface area contributed by atoms with Crippen molar-refractivity contribution in [3.05, 3.63) is 71.4 Å². The lowest BCUT2D eigenvalue weighted by atomic mass is 9.94. The number of carboxylic acids is 1. The van der Waals surface area contributed by atoms with Crippen molar-refractivity contribution in [2.75, 3.05) is 18.0 Å². The minimum Gasteiger partial charge on any atom is -0.477 e. The van der Waals surface area contributed by atoms with Crippen molar-refractivity contribution >= 4 is 28.6 Å². The molecule has 0 unspecified atom stereocenters. The summed E-state index contributed by atoms with van der Waals surface area (Å²) in [6, 6.07) is 8.74. The second-order valence-corrected chi connectivity index (χ2v) is 10.6. The molecule has 224 valence electrons.